The Bertz CT molecular complexity index is 371. The van der Waals surface area contributed by atoms with Crippen LogP contribution in [0.2, 0.25) is 0 Å². The van der Waals surface area contributed by atoms with Gasteiger partial charge in [0.2, 0.25) is 11.8 Å². The van der Waals surface area contributed by atoms with Crippen LogP contribution in [0.15, 0.2) is 24.3 Å². The molecular formula is C20H38N4O2. The summed E-state index contributed by atoms with van der Waals surface area (Å²) < 4.78 is 0. The van der Waals surface area contributed by atoms with Gasteiger partial charge in [0, 0.05) is 12.8 Å². The van der Waals surface area contributed by atoms with E-state index in [0.717, 1.165) is 51.4 Å². The van der Waals surface area contributed by atoms with Crippen LogP contribution in [0, 0.1) is 0 Å². The SMILES string of the molecule is NNC(=O)CCCCCC/C=C/CC/C=C/CCCCCCC(=O)NN. The predicted octanol–water partition coefficient (Wildman–Crippen LogP) is 3.54. The molecule has 0 aromatic heterocycles. The van der Waals surface area contributed by atoms with Gasteiger partial charge in [-0.15, -0.1) is 0 Å². The molecule has 0 heterocycles. The lowest BCUT2D eigenvalue weighted by molar-refractivity contribution is -0.122. The van der Waals surface area contributed by atoms with Gasteiger partial charge in [-0.1, -0.05) is 50.0 Å². The van der Waals surface area contributed by atoms with Crippen molar-refractivity contribution < 1.29 is 9.59 Å². The largest absolute Gasteiger partial charge is 0.294 e. The van der Waals surface area contributed by atoms with Crippen molar-refractivity contribution in [2.75, 3.05) is 0 Å². The second-order valence-corrected chi connectivity index (χ2v) is 6.56. The number of allylic oxidation sites excluding steroid dienone is 4. The van der Waals surface area contributed by atoms with E-state index >= 15 is 0 Å². The van der Waals surface area contributed by atoms with E-state index in [-0.39, 0.29) is 11.8 Å². The quantitative estimate of drug-likeness (QED) is 0.104. The fourth-order valence-corrected chi connectivity index (χ4v) is 2.61. The van der Waals surface area contributed by atoms with Crippen LogP contribution in [0.25, 0.3) is 0 Å². The van der Waals surface area contributed by atoms with E-state index in [1.807, 2.05) is 0 Å². The summed E-state index contributed by atoms with van der Waals surface area (Å²) in [4.78, 5) is 21.9. The Kier molecular flexibility index (Phi) is 18.4. The van der Waals surface area contributed by atoms with E-state index in [9.17, 15) is 9.59 Å². The fourth-order valence-electron chi connectivity index (χ4n) is 2.61. The van der Waals surface area contributed by atoms with E-state index in [1.54, 1.807) is 0 Å². The van der Waals surface area contributed by atoms with E-state index in [4.69, 9.17) is 11.7 Å². The summed E-state index contributed by atoms with van der Waals surface area (Å²) in [7, 11) is 0. The zero-order chi connectivity index (χ0) is 19.3. The monoisotopic (exact) mass is 366 g/mol. The maximum atomic E-state index is 10.9. The molecule has 0 saturated carbocycles. The van der Waals surface area contributed by atoms with Gasteiger partial charge in [0.1, 0.15) is 0 Å². The summed E-state index contributed by atoms with van der Waals surface area (Å²) in [5.74, 6) is 9.91. The summed E-state index contributed by atoms with van der Waals surface area (Å²) >= 11 is 0. The van der Waals surface area contributed by atoms with Crippen molar-refractivity contribution in [1.82, 2.24) is 10.9 Å². The molecule has 6 heteroatoms. The van der Waals surface area contributed by atoms with Crippen molar-refractivity contribution in [2.45, 2.75) is 89.9 Å². The maximum absolute atomic E-state index is 10.9. The third kappa shape index (κ3) is 18.7. The van der Waals surface area contributed by atoms with Crippen LogP contribution < -0.4 is 22.5 Å². The van der Waals surface area contributed by atoms with Gasteiger partial charge in [0.05, 0.1) is 0 Å². The van der Waals surface area contributed by atoms with Crippen LogP contribution in [0.3, 0.4) is 0 Å². The number of hydrazine groups is 2. The highest BCUT2D eigenvalue weighted by molar-refractivity contribution is 5.75. The second kappa shape index (κ2) is 19.7. The number of carbonyl (C=O) groups is 2. The first-order valence-electron chi connectivity index (χ1n) is 9.99. The van der Waals surface area contributed by atoms with Crippen molar-refractivity contribution in [3.8, 4) is 0 Å². The van der Waals surface area contributed by atoms with Gasteiger partial charge < -0.3 is 0 Å². The lowest BCUT2D eigenvalue weighted by Crippen LogP contribution is -2.29. The maximum Gasteiger partial charge on any atom is 0.233 e. The average Bonchev–Trinajstić information content (AvgIpc) is 2.66. The lowest BCUT2D eigenvalue weighted by Gasteiger charge is -1.99. The number of hydrogen-bond acceptors (Lipinski definition) is 4. The van der Waals surface area contributed by atoms with E-state index in [2.05, 4.69) is 35.2 Å². The molecule has 0 aliphatic rings. The number of nitrogens with two attached hydrogens (primary N) is 2. The Balaban J connectivity index is 3.25. The Labute approximate surface area is 158 Å². The van der Waals surface area contributed by atoms with Crippen molar-refractivity contribution >= 4 is 11.8 Å². The van der Waals surface area contributed by atoms with Gasteiger partial charge in [0.25, 0.3) is 0 Å². The molecule has 0 unspecified atom stereocenters. The Morgan fingerprint density at radius 1 is 0.538 bits per heavy atom. The molecule has 0 atom stereocenters. The summed E-state index contributed by atoms with van der Waals surface area (Å²) in [6, 6.07) is 0. The third-order valence-electron chi connectivity index (χ3n) is 4.20. The highest BCUT2D eigenvalue weighted by atomic mass is 16.2. The highest BCUT2D eigenvalue weighted by Crippen LogP contribution is 2.08. The van der Waals surface area contributed by atoms with Crippen LogP contribution in [-0.4, -0.2) is 11.8 Å². The minimum Gasteiger partial charge on any atom is -0.294 e. The number of carbonyl (C=O) groups excluding carboxylic acids is 2. The minimum absolute atomic E-state index is 0.0745. The zero-order valence-corrected chi connectivity index (χ0v) is 16.2. The number of amides is 2. The zero-order valence-electron chi connectivity index (χ0n) is 16.2. The molecule has 0 rings (SSSR count). The molecule has 6 nitrogen and oxygen atoms in total. The Morgan fingerprint density at radius 2 is 0.885 bits per heavy atom. The second-order valence-electron chi connectivity index (χ2n) is 6.56. The number of hydrogen-bond donors (Lipinski definition) is 4. The summed E-state index contributed by atoms with van der Waals surface area (Å²) in [6.07, 6.45) is 23.3. The number of nitrogens with one attached hydrogen (secondary N) is 2. The topological polar surface area (TPSA) is 110 Å². The van der Waals surface area contributed by atoms with Crippen molar-refractivity contribution in [3.05, 3.63) is 24.3 Å². The van der Waals surface area contributed by atoms with E-state index in [1.165, 1.54) is 25.7 Å². The molecule has 6 N–H and O–H groups in total. The minimum atomic E-state index is -0.0745. The number of rotatable bonds is 17. The standard InChI is InChI=1S/C20H38N4O2/c21-23-19(25)17-15-13-11-9-7-5-3-1-2-4-6-8-10-12-14-16-18-20(26)24-22/h3-6H,1-2,7-18,21-22H2,(H,23,25)(H,24,26)/b5-3+,6-4+. The molecule has 2 amide bonds. The van der Waals surface area contributed by atoms with Crippen LogP contribution in [0.1, 0.15) is 89.9 Å². The highest BCUT2D eigenvalue weighted by Gasteiger charge is 1.97. The van der Waals surface area contributed by atoms with Gasteiger partial charge in [-0.2, -0.15) is 0 Å². The molecular weight excluding hydrogens is 328 g/mol. The van der Waals surface area contributed by atoms with Crippen molar-refractivity contribution in [2.24, 2.45) is 11.7 Å². The average molecular weight is 367 g/mol. The first-order valence-corrected chi connectivity index (χ1v) is 9.99. The molecule has 0 aliphatic carbocycles. The third-order valence-corrected chi connectivity index (χ3v) is 4.20. The number of unbranched alkanes of at least 4 members (excludes halogenated alkanes) is 9. The molecule has 0 fully saturated rings. The molecule has 150 valence electrons. The molecule has 0 aliphatic heterocycles. The van der Waals surface area contributed by atoms with Gasteiger partial charge in [0.15, 0.2) is 0 Å². The van der Waals surface area contributed by atoms with E-state index in [0.29, 0.717) is 12.8 Å². The van der Waals surface area contributed by atoms with Crippen molar-refractivity contribution in [1.29, 1.82) is 0 Å². The van der Waals surface area contributed by atoms with Crippen LogP contribution in [0.5, 0.6) is 0 Å². The lowest BCUT2D eigenvalue weighted by atomic mass is 10.1. The normalized spacial score (nSPS) is 11.3. The van der Waals surface area contributed by atoms with Gasteiger partial charge in [-0.05, 0) is 51.4 Å². The van der Waals surface area contributed by atoms with Crippen LogP contribution in [-0.2, 0) is 9.59 Å². The first-order chi connectivity index (χ1) is 12.7. The van der Waals surface area contributed by atoms with Gasteiger partial charge >= 0.3 is 0 Å². The summed E-state index contributed by atoms with van der Waals surface area (Å²) in [5.41, 5.74) is 4.31. The molecule has 0 saturated heterocycles. The molecule has 0 radical (unpaired) electrons. The van der Waals surface area contributed by atoms with Crippen molar-refractivity contribution in [3.63, 3.8) is 0 Å². The van der Waals surface area contributed by atoms with E-state index < -0.39 is 0 Å². The fraction of sp³-hybridized carbons (Fsp3) is 0.700. The first kappa shape index (κ1) is 24.3. The Morgan fingerprint density at radius 3 is 1.27 bits per heavy atom. The molecule has 0 aromatic carbocycles. The molecule has 0 aromatic rings. The van der Waals surface area contributed by atoms with Gasteiger partial charge in [-0.3, -0.25) is 20.4 Å². The summed E-state index contributed by atoms with van der Waals surface area (Å²) in [6.45, 7) is 0. The smallest absolute Gasteiger partial charge is 0.233 e. The predicted molar refractivity (Wildman–Crippen MR) is 108 cm³/mol. The van der Waals surface area contributed by atoms with Crippen LogP contribution in [0.4, 0.5) is 0 Å². The molecule has 0 bridgehead atoms. The Hall–Kier alpha value is -1.66. The van der Waals surface area contributed by atoms with Gasteiger partial charge in [-0.25, -0.2) is 11.7 Å². The molecule has 0 spiro atoms. The van der Waals surface area contributed by atoms with Crippen LogP contribution >= 0.6 is 0 Å². The molecule has 26 heavy (non-hydrogen) atoms. The summed E-state index contributed by atoms with van der Waals surface area (Å²) in [5, 5.41) is 0.